The molecule has 6 nitrogen and oxygen atoms in total. The van der Waals surface area contributed by atoms with Gasteiger partial charge in [0.1, 0.15) is 6.10 Å². The lowest BCUT2D eigenvalue weighted by atomic mass is 9.79. The van der Waals surface area contributed by atoms with Crippen LogP contribution < -0.4 is 0 Å². The molecular formula is C17H30O6Si. The maximum atomic E-state index is 12.0. The Balaban J connectivity index is 3.14. The molecule has 0 amide bonds. The molecule has 3 atom stereocenters. The highest BCUT2D eigenvalue weighted by Gasteiger charge is 2.51. The molecule has 0 heterocycles. The van der Waals surface area contributed by atoms with Crippen LogP contribution in [0.15, 0.2) is 12.2 Å². The fourth-order valence-corrected chi connectivity index (χ4v) is 3.79. The minimum absolute atomic E-state index is 0.0444. The number of rotatable bonds is 4. The van der Waals surface area contributed by atoms with Crippen LogP contribution in [-0.4, -0.2) is 50.3 Å². The average Bonchev–Trinajstić information content (AvgIpc) is 2.40. The van der Waals surface area contributed by atoms with Gasteiger partial charge in [0.15, 0.2) is 13.9 Å². The van der Waals surface area contributed by atoms with E-state index in [-0.39, 0.29) is 17.9 Å². The average molecular weight is 359 g/mol. The summed E-state index contributed by atoms with van der Waals surface area (Å²) < 4.78 is 16.3. The largest absolute Gasteiger partial charge is 0.467 e. The maximum Gasteiger partial charge on any atom is 0.338 e. The van der Waals surface area contributed by atoms with Gasteiger partial charge in [-0.15, -0.1) is 0 Å². The fraction of sp³-hybridized carbons (Fsp3) is 0.765. The Morgan fingerprint density at radius 3 is 2.17 bits per heavy atom. The molecule has 0 aromatic rings. The zero-order valence-corrected chi connectivity index (χ0v) is 16.8. The van der Waals surface area contributed by atoms with Gasteiger partial charge in [-0.3, -0.25) is 4.79 Å². The van der Waals surface area contributed by atoms with Crippen molar-refractivity contribution in [1.82, 2.24) is 0 Å². The highest BCUT2D eigenvalue weighted by atomic mass is 28.4. The van der Waals surface area contributed by atoms with Crippen LogP contribution in [0.3, 0.4) is 0 Å². The zero-order chi connectivity index (χ0) is 18.9. The quantitative estimate of drug-likeness (QED) is 0.472. The normalized spacial score (nSPS) is 28.4. The van der Waals surface area contributed by atoms with E-state index in [4.69, 9.17) is 13.9 Å². The lowest BCUT2D eigenvalue weighted by Crippen LogP contribution is -2.55. The van der Waals surface area contributed by atoms with Gasteiger partial charge in [-0.25, -0.2) is 4.79 Å². The minimum Gasteiger partial charge on any atom is -0.467 e. The SMILES string of the molecule is C=C1[C@H](OC(C)=O)C[C@](O)(C(=O)OC)C[C@H]1O[Si](C)(C)C(C)(C)C. The maximum absolute atomic E-state index is 12.0. The van der Waals surface area contributed by atoms with Gasteiger partial charge >= 0.3 is 11.9 Å². The van der Waals surface area contributed by atoms with Crippen molar-refractivity contribution in [2.24, 2.45) is 0 Å². The molecule has 0 spiro atoms. The summed E-state index contributed by atoms with van der Waals surface area (Å²) in [4.78, 5) is 23.4. The van der Waals surface area contributed by atoms with E-state index in [0.29, 0.717) is 5.57 Å². The number of ether oxygens (including phenoxy) is 2. The third-order valence-corrected chi connectivity index (χ3v) is 9.48. The van der Waals surface area contributed by atoms with Crippen LogP contribution in [0.25, 0.3) is 0 Å². The molecule has 0 aliphatic heterocycles. The number of esters is 2. The Morgan fingerprint density at radius 1 is 1.25 bits per heavy atom. The van der Waals surface area contributed by atoms with Gasteiger partial charge in [0, 0.05) is 19.8 Å². The van der Waals surface area contributed by atoms with Crippen molar-refractivity contribution in [2.45, 2.75) is 76.5 Å². The molecule has 1 N–H and O–H groups in total. The lowest BCUT2D eigenvalue weighted by molar-refractivity contribution is -0.175. The van der Waals surface area contributed by atoms with Crippen LogP contribution in [0, 0.1) is 0 Å². The van der Waals surface area contributed by atoms with E-state index < -0.39 is 38.1 Å². The van der Waals surface area contributed by atoms with E-state index in [1.807, 2.05) is 0 Å². The second-order valence-electron chi connectivity index (χ2n) is 7.97. The van der Waals surface area contributed by atoms with Crippen molar-refractivity contribution in [3.63, 3.8) is 0 Å². The van der Waals surface area contributed by atoms with Crippen molar-refractivity contribution in [1.29, 1.82) is 0 Å². The first kappa shape index (κ1) is 20.9. The summed E-state index contributed by atoms with van der Waals surface area (Å²) >= 11 is 0. The molecule has 0 aromatic heterocycles. The Morgan fingerprint density at radius 2 is 1.75 bits per heavy atom. The predicted octanol–water partition coefficient (Wildman–Crippen LogP) is 2.56. The van der Waals surface area contributed by atoms with Crippen LogP contribution in [0.5, 0.6) is 0 Å². The Bertz CT molecular complexity index is 522. The molecule has 1 aliphatic rings. The molecule has 0 unspecified atom stereocenters. The van der Waals surface area contributed by atoms with Crippen LogP contribution in [0.4, 0.5) is 0 Å². The van der Waals surface area contributed by atoms with Crippen LogP contribution in [-0.2, 0) is 23.5 Å². The van der Waals surface area contributed by atoms with Crippen molar-refractivity contribution < 1.29 is 28.6 Å². The Kier molecular flexibility index (Phi) is 6.06. The molecular weight excluding hydrogens is 328 g/mol. The Labute approximate surface area is 145 Å². The standard InChI is InChI=1S/C17H30O6Si/c1-11-13(22-12(2)18)9-17(20,15(19)21-6)10-14(11)23-24(7,8)16(3,4)5/h13-14,20H,1,9-10H2,2-8H3/t13-,14-,17-/m1/s1. The van der Waals surface area contributed by atoms with Gasteiger partial charge < -0.3 is 19.0 Å². The van der Waals surface area contributed by atoms with E-state index in [1.54, 1.807) is 0 Å². The van der Waals surface area contributed by atoms with E-state index in [2.05, 4.69) is 40.4 Å². The van der Waals surface area contributed by atoms with Gasteiger partial charge in [-0.1, -0.05) is 27.4 Å². The minimum atomic E-state index is -2.18. The summed E-state index contributed by atoms with van der Waals surface area (Å²) in [6.07, 6.45) is -1.39. The van der Waals surface area contributed by atoms with E-state index >= 15 is 0 Å². The van der Waals surface area contributed by atoms with Gasteiger partial charge in [-0.2, -0.15) is 0 Å². The molecule has 0 saturated heterocycles. The third kappa shape index (κ3) is 4.46. The lowest BCUT2D eigenvalue weighted by Gasteiger charge is -2.45. The molecule has 7 heteroatoms. The van der Waals surface area contributed by atoms with Crippen LogP contribution in [0.1, 0.15) is 40.5 Å². The van der Waals surface area contributed by atoms with Gasteiger partial charge in [0.2, 0.25) is 0 Å². The highest BCUT2D eigenvalue weighted by Crippen LogP contribution is 2.42. The van der Waals surface area contributed by atoms with Crippen molar-refractivity contribution >= 4 is 20.3 Å². The monoisotopic (exact) mass is 358 g/mol. The van der Waals surface area contributed by atoms with Gasteiger partial charge in [0.25, 0.3) is 0 Å². The first-order valence-electron chi connectivity index (χ1n) is 8.08. The van der Waals surface area contributed by atoms with Crippen LogP contribution >= 0.6 is 0 Å². The number of hydrogen-bond donors (Lipinski definition) is 1. The topological polar surface area (TPSA) is 82.1 Å². The van der Waals surface area contributed by atoms with E-state index in [1.165, 1.54) is 14.0 Å². The van der Waals surface area contributed by atoms with Crippen molar-refractivity contribution in [3.8, 4) is 0 Å². The van der Waals surface area contributed by atoms with Crippen molar-refractivity contribution in [2.75, 3.05) is 7.11 Å². The molecule has 0 bridgehead atoms. The molecule has 0 aromatic carbocycles. The summed E-state index contributed by atoms with van der Waals surface area (Å²) in [7, 11) is -0.959. The molecule has 138 valence electrons. The number of hydrogen-bond acceptors (Lipinski definition) is 6. The fourth-order valence-electron chi connectivity index (χ4n) is 2.49. The summed E-state index contributed by atoms with van der Waals surface area (Å²) in [5.74, 6) is -1.25. The second-order valence-corrected chi connectivity index (χ2v) is 12.7. The third-order valence-electron chi connectivity index (χ3n) is 4.99. The summed E-state index contributed by atoms with van der Waals surface area (Å²) in [6, 6.07) is 0. The summed E-state index contributed by atoms with van der Waals surface area (Å²) in [5.41, 5.74) is -1.19. The summed E-state index contributed by atoms with van der Waals surface area (Å²) in [5, 5.41) is 10.7. The first-order valence-corrected chi connectivity index (χ1v) is 11.0. The molecule has 1 rings (SSSR count). The number of carbonyl (C=O) groups is 2. The molecule has 1 fully saturated rings. The predicted molar refractivity (Wildman–Crippen MR) is 93.0 cm³/mol. The van der Waals surface area contributed by atoms with Gasteiger partial charge in [0.05, 0.1) is 13.2 Å². The highest BCUT2D eigenvalue weighted by molar-refractivity contribution is 6.74. The number of methoxy groups -OCH3 is 1. The number of carbonyl (C=O) groups excluding carboxylic acids is 2. The Hall–Kier alpha value is -1.18. The molecule has 1 saturated carbocycles. The van der Waals surface area contributed by atoms with Gasteiger partial charge in [-0.05, 0) is 23.7 Å². The second kappa shape index (κ2) is 6.97. The zero-order valence-electron chi connectivity index (χ0n) is 15.8. The summed E-state index contributed by atoms with van der Waals surface area (Å²) in [6.45, 7) is 15.7. The van der Waals surface area contributed by atoms with Crippen molar-refractivity contribution in [3.05, 3.63) is 12.2 Å². The smallest absolute Gasteiger partial charge is 0.338 e. The number of aliphatic hydroxyl groups is 1. The van der Waals surface area contributed by atoms with Crippen LogP contribution in [0.2, 0.25) is 18.1 Å². The van der Waals surface area contributed by atoms with E-state index in [0.717, 1.165) is 0 Å². The first-order chi connectivity index (χ1) is 10.7. The van der Waals surface area contributed by atoms with E-state index in [9.17, 15) is 14.7 Å². The molecule has 1 aliphatic carbocycles. The molecule has 24 heavy (non-hydrogen) atoms. The molecule has 0 radical (unpaired) electrons.